The second-order valence-electron chi connectivity index (χ2n) is 6.68. The first-order valence-electron chi connectivity index (χ1n) is 9.17. The Bertz CT molecular complexity index is 1080. The summed E-state index contributed by atoms with van der Waals surface area (Å²) in [6.45, 7) is 0.134. The Morgan fingerprint density at radius 3 is 2.40 bits per heavy atom. The number of nitrogens with zero attached hydrogens (tertiary/aromatic N) is 2. The maximum atomic E-state index is 12.5. The molecule has 0 saturated heterocycles. The monoisotopic (exact) mass is 410 g/mol. The molecule has 0 spiro atoms. The minimum absolute atomic E-state index is 0.139. The zero-order valence-corrected chi connectivity index (χ0v) is 17.0. The van der Waals surface area contributed by atoms with Crippen molar-refractivity contribution in [3.8, 4) is 17.2 Å². The number of rotatable bonds is 8. The van der Waals surface area contributed by atoms with Gasteiger partial charge >= 0.3 is 0 Å². The number of benzene rings is 3. The lowest BCUT2D eigenvalue weighted by atomic mass is 10.1. The molecule has 3 rings (SSSR count). The van der Waals surface area contributed by atoms with Gasteiger partial charge in [-0.3, -0.25) is 14.9 Å². The molecule has 0 saturated carbocycles. The van der Waals surface area contributed by atoms with E-state index < -0.39 is 4.92 Å². The highest BCUT2D eigenvalue weighted by molar-refractivity contribution is 5.84. The Balaban J connectivity index is 1.66. The third kappa shape index (κ3) is 4.78. The van der Waals surface area contributed by atoms with Gasteiger partial charge in [0.1, 0.15) is 5.75 Å². The molecule has 0 radical (unpaired) electrons. The number of amides is 1. The van der Waals surface area contributed by atoms with Crippen LogP contribution in [0.15, 0.2) is 54.6 Å². The molecule has 30 heavy (non-hydrogen) atoms. The Morgan fingerprint density at radius 1 is 0.967 bits per heavy atom. The highest BCUT2D eigenvalue weighted by Crippen LogP contribution is 2.31. The molecule has 0 aliphatic rings. The van der Waals surface area contributed by atoms with Crippen LogP contribution < -0.4 is 14.2 Å². The molecule has 0 aliphatic carbocycles. The molecule has 8 heteroatoms. The highest BCUT2D eigenvalue weighted by Gasteiger charge is 2.16. The van der Waals surface area contributed by atoms with Crippen LogP contribution in [0, 0.1) is 10.1 Å². The predicted octanol–water partition coefficient (Wildman–Crippen LogP) is 3.80. The molecule has 0 fully saturated rings. The van der Waals surface area contributed by atoms with Crippen LogP contribution in [-0.4, -0.2) is 43.6 Å². The summed E-state index contributed by atoms with van der Waals surface area (Å²) >= 11 is 0. The minimum atomic E-state index is -0.532. The van der Waals surface area contributed by atoms with Crippen LogP contribution in [0.5, 0.6) is 17.2 Å². The minimum Gasteiger partial charge on any atom is -0.497 e. The Morgan fingerprint density at radius 2 is 1.70 bits per heavy atom. The predicted molar refractivity (Wildman–Crippen MR) is 112 cm³/mol. The summed E-state index contributed by atoms with van der Waals surface area (Å²) in [5.74, 6) is 0.990. The average Bonchev–Trinajstić information content (AvgIpc) is 2.76. The quantitative estimate of drug-likeness (QED) is 0.414. The number of likely N-dealkylation sites (N-methyl/N-ethyl adjacent to an activating group) is 1. The Hall–Kier alpha value is -3.81. The van der Waals surface area contributed by atoms with E-state index in [9.17, 15) is 14.9 Å². The van der Waals surface area contributed by atoms with Crippen molar-refractivity contribution < 1.29 is 23.9 Å². The molecular weight excluding hydrogens is 388 g/mol. The molecule has 3 aromatic rings. The number of methoxy groups -OCH3 is 2. The van der Waals surface area contributed by atoms with Gasteiger partial charge in [0, 0.05) is 19.7 Å². The van der Waals surface area contributed by atoms with Gasteiger partial charge in [0.25, 0.3) is 11.6 Å². The van der Waals surface area contributed by atoms with Gasteiger partial charge in [0.05, 0.1) is 25.2 Å². The van der Waals surface area contributed by atoms with E-state index in [1.807, 2.05) is 36.4 Å². The fourth-order valence-corrected chi connectivity index (χ4v) is 3.00. The first kappa shape index (κ1) is 20.9. The maximum absolute atomic E-state index is 12.5. The number of nitro groups is 1. The third-order valence-corrected chi connectivity index (χ3v) is 4.67. The second-order valence-corrected chi connectivity index (χ2v) is 6.68. The van der Waals surface area contributed by atoms with Gasteiger partial charge in [0.2, 0.25) is 0 Å². The second kappa shape index (κ2) is 9.13. The summed E-state index contributed by atoms with van der Waals surface area (Å²) in [6, 6.07) is 15.8. The molecule has 0 heterocycles. The average molecular weight is 410 g/mol. The number of hydrogen-bond acceptors (Lipinski definition) is 6. The first-order chi connectivity index (χ1) is 14.4. The van der Waals surface area contributed by atoms with Gasteiger partial charge in [0.15, 0.2) is 18.1 Å². The van der Waals surface area contributed by atoms with E-state index in [4.69, 9.17) is 14.2 Å². The fraction of sp³-hybridized carbons (Fsp3) is 0.227. The molecule has 0 N–H and O–H groups in total. The Labute approximate surface area is 173 Å². The topological polar surface area (TPSA) is 91.1 Å². The van der Waals surface area contributed by atoms with E-state index in [-0.39, 0.29) is 24.0 Å². The molecule has 1 amide bonds. The van der Waals surface area contributed by atoms with Crippen molar-refractivity contribution >= 4 is 22.4 Å². The van der Waals surface area contributed by atoms with Gasteiger partial charge < -0.3 is 19.1 Å². The molecule has 0 bridgehead atoms. The smallest absolute Gasteiger partial charge is 0.273 e. The van der Waals surface area contributed by atoms with E-state index in [2.05, 4.69) is 0 Å². The van der Waals surface area contributed by atoms with Crippen molar-refractivity contribution in [2.45, 2.75) is 6.54 Å². The van der Waals surface area contributed by atoms with Gasteiger partial charge in [-0.05, 0) is 40.6 Å². The van der Waals surface area contributed by atoms with Crippen molar-refractivity contribution in [1.82, 2.24) is 4.90 Å². The summed E-state index contributed by atoms with van der Waals surface area (Å²) in [7, 11) is 4.73. The van der Waals surface area contributed by atoms with E-state index in [0.717, 1.165) is 22.1 Å². The van der Waals surface area contributed by atoms with Crippen molar-refractivity contribution in [2.24, 2.45) is 0 Å². The van der Waals surface area contributed by atoms with Crippen LogP contribution in [-0.2, 0) is 11.3 Å². The van der Waals surface area contributed by atoms with E-state index in [1.54, 1.807) is 14.2 Å². The third-order valence-electron chi connectivity index (χ3n) is 4.67. The van der Waals surface area contributed by atoms with Crippen LogP contribution in [0.2, 0.25) is 0 Å². The van der Waals surface area contributed by atoms with Crippen LogP contribution in [0.4, 0.5) is 5.69 Å². The number of carbonyl (C=O) groups is 1. The molecule has 0 atom stereocenters. The summed E-state index contributed by atoms with van der Waals surface area (Å²) in [6.07, 6.45) is 0. The standard InChI is InChI=1S/C22H22N2O6/c1-23(13-15-4-5-17-11-19(28-2)8-6-16(17)10-15)22(25)14-30-21-12-18(24(26)27)7-9-20(21)29-3/h4-12H,13-14H2,1-3H3. The molecule has 156 valence electrons. The Kier molecular flexibility index (Phi) is 6.36. The normalized spacial score (nSPS) is 10.5. The fourth-order valence-electron chi connectivity index (χ4n) is 3.00. The summed E-state index contributed by atoms with van der Waals surface area (Å²) < 4.78 is 15.9. The number of ether oxygens (including phenoxy) is 3. The number of hydrogen-bond donors (Lipinski definition) is 0. The lowest BCUT2D eigenvalue weighted by Gasteiger charge is -2.18. The summed E-state index contributed by atoms with van der Waals surface area (Å²) in [5, 5.41) is 13.1. The number of nitro benzene ring substituents is 1. The van der Waals surface area contributed by atoms with Crippen LogP contribution in [0.3, 0.4) is 0 Å². The number of fused-ring (bicyclic) bond motifs is 1. The lowest BCUT2D eigenvalue weighted by Crippen LogP contribution is -2.31. The molecule has 0 aliphatic heterocycles. The maximum Gasteiger partial charge on any atom is 0.273 e. The first-order valence-corrected chi connectivity index (χ1v) is 9.17. The zero-order valence-electron chi connectivity index (χ0n) is 17.0. The van der Waals surface area contributed by atoms with Crippen molar-refractivity contribution in [3.63, 3.8) is 0 Å². The summed E-state index contributed by atoms with van der Waals surface area (Å²) in [4.78, 5) is 24.5. The van der Waals surface area contributed by atoms with Crippen molar-refractivity contribution in [1.29, 1.82) is 0 Å². The molecule has 3 aromatic carbocycles. The SMILES string of the molecule is COc1ccc2cc(CN(C)C(=O)COc3cc([N+](=O)[O-])ccc3OC)ccc2c1. The van der Waals surface area contributed by atoms with E-state index in [0.29, 0.717) is 12.3 Å². The number of non-ortho nitro benzene ring substituents is 1. The van der Waals surface area contributed by atoms with Crippen molar-refractivity contribution in [2.75, 3.05) is 27.9 Å². The van der Waals surface area contributed by atoms with Gasteiger partial charge in [-0.2, -0.15) is 0 Å². The van der Waals surface area contributed by atoms with Gasteiger partial charge in [-0.15, -0.1) is 0 Å². The lowest BCUT2D eigenvalue weighted by molar-refractivity contribution is -0.385. The van der Waals surface area contributed by atoms with Gasteiger partial charge in [-0.25, -0.2) is 0 Å². The highest BCUT2D eigenvalue weighted by atomic mass is 16.6. The van der Waals surface area contributed by atoms with E-state index in [1.165, 1.54) is 30.2 Å². The number of carbonyl (C=O) groups excluding carboxylic acids is 1. The van der Waals surface area contributed by atoms with Crippen LogP contribution in [0.1, 0.15) is 5.56 Å². The zero-order chi connectivity index (χ0) is 21.7. The van der Waals surface area contributed by atoms with Gasteiger partial charge in [-0.1, -0.05) is 18.2 Å². The largest absolute Gasteiger partial charge is 0.497 e. The summed E-state index contributed by atoms with van der Waals surface area (Å²) in [5.41, 5.74) is 0.829. The molecule has 0 aromatic heterocycles. The van der Waals surface area contributed by atoms with Crippen LogP contribution in [0.25, 0.3) is 10.8 Å². The molecule has 0 unspecified atom stereocenters. The van der Waals surface area contributed by atoms with E-state index >= 15 is 0 Å². The van der Waals surface area contributed by atoms with Crippen molar-refractivity contribution in [3.05, 3.63) is 70.3 Å². The molecular formula is C22H22N2O6. The molecule has 8 nitrogen and oxygen atoms in total. The van der Waals surface area contributed by atoms with Crippen LogP contribution >= 0.6 is 0 Å².